The van der Waals surface area contributed by atoms with Crippen LogP contribution in [-0.2, 0) is 10.0 Å². The molecule has 2 aromatic rings. The molecule has 2 aromatic carbocycles. The predicted octanol–water partition coefficient (Wildman–Crippen LogP) is 1.64. The van der Waals surface area contributed by atoms with Crippen LogP contribution in [0.4, 0.5) is 10.1 Å². The van der Waals surface area contributed by atoms with Gasteiger partial charge in [0.25, 0.3) is 10.0 Å². The zero-order chi connectivity index (χ0) is 15.6. The number of aromatic carboxylic acids is 1. The fourth-order valence-corrected chi connectivity index (χ4v) is 2.94. The first kappa shape index (κ1) is 15.3. The summed E-state index contributed by atoms with van der Waals surface area (Å²) in [5.41, 5.74) is -0.316. The summed E-state index contributed by atoms with van der Waals surface area (Å²) in [6.45, 7) is 0. The van der Waals surface area contributed by atoms with Crippen LogP contribution in [0, 0.1) is 5.82 Å². The minimum absolute atomic E-state index is 0.126. The molecular formula is C13H8ClFNO4S-. The predicted molar refractivity (Wildman–Crippen MR) is 73.0 cm³/mol. The summed E-state index contributed by atoms with van der Waals surface area (Å²) in [5.74, 6) is -2.68. The lowest BCUT2D eigenvalue weighted by Crippen LogP contribution is -2.23. The molecule has 0 spiro atoms. The topological polar surface area (TPSA) is 86.3 Å². The van der Waals surface area contributed by atoms with Crippen LogP contribution in [-0.4, -0.2) is 14.4 Å². The number of sulfonamides is 1. The molecule has 0 unspecified atom stereocenters. The number of carboxylic acids is 1. The molecule has 0 atom stereocenters. The van der Waals surface area contributed by atoms with Gasteiger partial charge in [-0.1, -0.05) is 23.7 Å². The van der Waals surface area contributed by atoms with Gasteiger partial charge in [-0.05, 0) is 35.9 Å². The zero-order valence-electron chi connectivity index (χ0n) is 10.3. The van der Waals surface area contributed by atoms with Crippen LogP contribution in [0.1, 0.15) is 10.4 Å². The first-order valence-corrected chi connectivity index (χ1v) is 7.45. The zero-order valence-corrected chi connectivity index (χ0v) is 11.9. The van der Waals surface area contributed by atoms with E-state index < -0.39 is 32.3 Å². The molecule has 0 saturated heterocycles. The maximum absolute atomic E-state index is 13.7. The van der Waals surface area contributed by atoms with Crippen LogP contribution in [0.5, 0.6) is 0 Å². The monoisotopic (exact) mass is 328 g/mol. The van der Waals surface area contributed by atoms with Crippen LogP contribution in [0.2, 0.25) is 5.02 Å². The van der Waals surface area contributed by atoms with E-state index in [4.69, 9.17) is 11.6 Å². The molecule has 5 nitrogen and oxygen atoms in total. The largest absolute Gasteiger partial charge is 0.545 e. The number of carbonyl (C=O) groups is 1. The van der Waals surface area contributed by atoms with Gasteiger partial charge in [0.15, 0.2) is 0 Å². The molecule has 21 heavy (non-hydrogen) atoms. The van der Waals surface area contributed by atoms with Gasteiger partial charge in [-0.15, -0.1) is 0 Å². The Labute approximate surface area is 125 Å². The Morgan fingerprint density at radius 1 is 1.19 bits per heavy atom. The number of nitrogens with one attached hydrogen (secondary N) is 1. The van der Waals surface area contributed by atoms with Gasteiger partial charge in [0, 0.05) is 5.02 Å². The van der Waals surface area contributed by atoms with Crippen LogP contribution >= 0.6 is 11.6 Å². The molecule has 0 aliphatic carbocycles. The molecular weight excluding hydrogens is 321 g/mol. The lowest BCUT2D eigenvalue weighted by molar-refractivity contribution is -0.255. The maximum Gasteiger partial charge on any atom is 0.264 e. The van der Waals surface area contributed by atoms with E-state index in [-0.39, 0.29) is 5.69 Å². The smallest absolute Gasteiger partial charge is 0.264 e. The van der Waals surface area contributed by atoms with E-state index in [1.54, 1.807) is 0 Å². The van der Waals surface area contributed by atoms with Crippen molar-refractivity contribution in [2.45, 2.75) is 4.90 Å². The van der Waals surface area contributed by atoms with Gasteiger partial charge < -0.3 is 9.90 Å². The Morgan fingerprint density at radius 3 is 2.52 bits per heavy atom. The summed E-state index contributed by atoms with van der Waals surface area (Å²) in [6, 6.07) is 8.16. The van der Waals surface area contributed by atoms with E-state index in [0.29, 0.717) is 11.1 Å². The Hall–Kier alpha value is -2.12. The van der Waals surface area contributed by atoms with Crippen molar-refractivity contribution in [2.75, 3.05) is 4.72 Å². The highest BCUT2D eigenvalue weighted by Crippen LogP contribution is 2.22. The minimum atomic E-state index is -4.29. The van der Waals surface area contributed by atoms with Gasteiger partial charge in [0.2, 0.25) is 0 Å². The first-order chi connectivity index (χ1) is 9.79. The summed E-state index contributed by atoms with van der Waals surface area (Å²) >= 11 is 5.72. The summed E-state index contributed by atoms with van der Waals surface area (Å²) < 4.78 is 40.0. The van der Waals surface area contributed by atoms with Crippen molar-refractivity contribution in [1.82, 2.24) is 0 Å². The Balaban J connectivity index is 2.44. The molecule has 0 fully saturated rings. The molecule has 0 aliphatic heterocycles. The van der Waals surface area contributed by atoms with E-state index >= 15 is 0 Å². The van der Waals surface area contributed by atoms with Gasteiger partial charge in [-0.2, -0.15) is 0 Å². The van der Waals surface area contributed by atoms with Gasteiger partial charge in [-0.3, -0.25) is 4.72 Å². The number of carbonyl (C=O) groups excluding carboxylic acids is 1. The molecule has 0 heterocycles. The molecule has 0 radical (unpaired) electrons. The van der Waals surface area contributed by atoms with E-state index in [1.165, 1.54) is 24.3 Å². The van der Waals surface area contributed by atoms with Crippen molar-refractivity contribution in [1.29, 1.82) is 0 Å². The second-order valence-electron chi connectivity index (χ2n) is 4.05. The van der Waals surface area contributed by atoms with Gasteiger partial charge >= 0.3 is 0 Å². The molecule has 0 bridgehead atoms. The van der Waals surface area contributed by atoms with Crippen molar-refractivity contribution in [3.63, 3.8) is 0 Å². The Bertz CT molecular complexity index is 808. The number of rotatable bonds is 4. The SMILES string of the molecule is O=C([O-])c1ccc(F)c(S(=O)(=O)Nc2cccc(Cl)c2)c1. The van der Waals surface area contributed by atoms with Crippen LogP contribution < -0.4 is 9.83 Å². The highest BCUT2D eigenvalue weighted by molar-refractivity contribution is 7.92. The van der Waals surface area contributed by atoms with E-state index in [9.17, 15) is 22.7 Å². The number of benzene rings is 2. The third kappa shape index (κ3) is 3.50. The standard InChI is InChI=1S/C13H9ClFNO4S/c14-9-2-1-3-10(7-9)16-21(19,20)12-6-8(13(17)18)4-5-11(12)15/h1-7,16H,(H,17,18)/p-1. The number of hydrogen-bond donors (Lipinski definition) is 1. The fraction of sp³-hybridized carbons (Fsp3) is 0. The number of halogens is 2. The second-order valence-corrected chi connectivity index (χ2v) is 6.14. The number of anilines is 1. The van der Waals surface area contributed by atoms with Crippen molar-refractivity contribution in [3.05, 3.63) is 58.9 Å². The van der Waals surface area contributed by atoms with Crippen molar-refractivity contribution in [3.8, 4) is 0 Å². The van der Waals surface area contributed by atoms with Crippen molar-refractivity contribution in [2.24, 2.45) is 0 Å². The van der Waals surface area contributed by atoms with E-state index in [2.05, 4.69) is 4.72 Å². The molecule has 0 amide bonds. The van der Waals surface area contributed by atoms with Crippen LogP contribution in [0.3, 0.4) is 0 Å². The quantitative estimate of drug-likeness (QED) is 0.924. The molecule has 8 heteroatoms. The van der Waals surface area contributed by atoms with Gasteiger partial charge in [-0.25, -0.2) is 12.8 Å². The number of carboxylic acid groups (broad SMARTS) is 1. The molecule has 1 N–H and O–H groups in total. The lowest BCUT2D eigenvalue weighted by atomic mass is 10.2. The molecule has 0 aliphatic rings. The molecule has 110 valence electrons. The minimum Gasteiger partial charge on any atom is -0.545 e. The lowest BCUT2D eigenvalue weighted by Gasteiger charge is -2.11. The average molecular weight is 329 g/mol. The average Bonchev–Trinajstić information content (AvgIpc) is 2.38. The fourth-order valence-electron chi connectivity index (χ4n) is 1.60. The van der Waals surface area contributed by atoms with E-state index in [0.717, 1.165) is 12.1 Å². The van der Waals surface area contributed by atoms with Gasteiger partial charge in [0.1, 0.15) is 10.7 Å². The summed E-state index contributed by atoms with van der Waals surface area (Å²) in [7, 11) is -4.29. The van der Waals surface area contributed by atoms with Crippen molar-refractivity contribution < 1.29 is 22.7 Å². The second kappa shape index (κ2) is 5.71. The van der Waals surface area contributed by atoms with Crippen molar-refractivity contribution >= 4 is 33.3 Å². The molecule has 0 aromatic heterocycles. The summed E-state index contributed by atoms with van der Waals surface area (Å²) in [4.78, 5) is 9.94. The number of hydrogen-bond acceptors (Lipinski definition) is 4. The summed E-state index contributed by atoms with van der Waals surface area (Å²) in [6.07, 6.45) is 0. The normalized spacial score (nSPS) is 11.1. The highest BCUT2D eigenvalue weighted by atomic mass is 35.5. The van der Waals surface area contributed by atoms with Crippen LogP contribution in [0.15, 0.2) is 47.4 Å². The Morgan fingerprint density at radius 2 is 1.90 bits per heavy atom. The molecule has 2 rings (SSSR count). The third-order valence-electron chi connectivity index (χ3n) is 2.53. The van der Waals surface area contributed by atoms with Gasteiger partial charge in [0.05, 0.1) is 11.7 Å². The van der Waals surface area contributed by atoms with E-state index in [1.807, 2.05) is 0 Å². The highest BCUT2D eigenvalue weighted by Gasteiger charge is 2.20. The third-order valence-corrected chi connectivity index (χ3v) is 4.16. The maximum atomic E-state index is 13.7. The first-order valence-electron chi connectivity index (χ1n) is 5.59. The Kier molecular flexibility index (Phi) is 4.15. The summed E-state index contributed by atoms with van der Waals surface area (Å²) in [5, 5.41) is 11.0. The molecule has 0 saturated carbocycles. The van der Waals surface area contributed by atoms with Crippen LogP contribution in [0.25, 0.3) is 0 Å².